The summed E-state index contributed by atoms with van der Waals surface area (Å²) >= 11 is 0. The topological polar surface area (TPSA) is 138 Å². The molecule has 142 valence electrons. The normalized spacial score (nSPS) is 10.3. The van der Waals surface area contributed by atoms with E-state index in [9.17, 15) is 19.2 Å². The van der Waals surface area contributed by atoms with E-state index >= 15 is 0 Å². The van der Waals surface area contributed by atoms with Crippen molar-refractivity contribution in [1.29, 1.82) is 0 Å². The molecule has 0 bridgehead atoms. The Bertz CT molecular complexity index is 665. The number of hydrogen-bond acceptors (Lipinski definition) is 5. The first-order valence-corrected chi connectivity index (χ1v) is 8.34. The molecule has 0 aliphatic rings. The van der Waals surface area contributed by atoms with Crippen LogP contribution in [0.2, 0.25) is 0 Å². The number of benzene rings is 1. The first-order chi connectivity index (χ1) is 12.3. The van der Waals surface area contributed by atoms with E-state index in [2.05, 4.69) is 0 Å². The van der Waals surface area contributed by atoms with E-state index in [0.29, 0.717) is 12.8 Å². The van der Waals surface area contributed by atoms with Gasteiger partial charge in [-0.2, -0.15) is 0 Å². The van der Waals surface area contributed by atoms with Crippen molar-refractivity contribution in [2.45, 2.75) is 51.4 Å². The molecule has 0 spiro atoms. The summed E-state index contributed by atoms with van der Waals surface area (Å²) in [6, 6.07) is 3.24. The molecule has 0 fully saturated rings. The van der Waals surface area contributed by atoms with Gasteiger partial charge in [0, 0.05) is 12.8 Å². The number of unbranched alkanes of at least 4 members (excludes halogenated alkanes) is 5. The third-order valence-electron chi connectivity index (χ3n) is 3.70. The monoisotopic (exact) mass is 366 g/mol. The maximum absolute atomic E-state index is 11.9. The van der Waals surface area contributed by atoms with Gasteiger partial charge in [-0.25, -0.2) is 9.59 Å². The lowest BCUT2D eigenvalue weighted by atomic mass is 10.1. The van der Waals surface area contributed by atoms with Crippen molar-refractivity contribution in [3.05, 3.63) is 29.3 Å². The average molecular weight is 366 g/mol. The molecule has 3 N–H and O–H groups in total. The van der Waals surface area contributed by atoms with Crippen LogP contribution in [0, 0.1) is 0 Å². The summed E-state index contributed by atoms with van der Waals surface area (Å²) in [7, 11) is 0. The van der Waals surface area contributed by atoms with E-state index < -0.39 is 23.9 Å². The van der Waals surface area contributed by atoms with Crippen molar-refractivity contribution in [2.24, 2.45) is 0 Å². The van der Waals surface area contributed by atoms with Crippen LogP contribution in [0.4, 0.5) is 0 Å². The number of rotatable bonds is 12. The van der Waals surface area contributed by atoms with Gasteiger partial charge in [-0.05, 0) is 31.0 Å². The summed E-state index contributed by atoms with van der Waals surface area (Å²) in [5, 5.41) is 26.5. The SMILES string of the molecule is O=C(O)CCCCCCCCC(=O)Oc1cc(C(=O)O)ccc1C(=O)O. The van der Waals surface area contributed by atoms with Gasteiger partial charge in [0.05, 0.1) is 5.56 Å². The molecular formula is C18H22O8. The molecule has 0 atom stereocenters. The number of hydrogen-bond donors (Lipinski definition) is 3. The third kappa shape index (κ3) is 7.78. The molecule has 0 saturated carbocycles. The van der Waals surface area contributed by atoms with Gasteiger partial charge >= 0.3 is 23.9 Å². The molecule has 8 heteroatoms. The zero-order valence-corrected chi connectivity index (χ0v) is 14.3. The Morgan fingerprint density at radius 1 is 0.769 bits per heavy atom. The standard InChI is InChI=1S/C18H22O8/c19-15(20)7-5-3-1-2-4-6-8-16(21)26-14-11-12(17(22)23)9-10-13(14)18(24)25/h9-11H,1-8H2,(H,19,20)(H,22,23)(H,24,25). The maximum atomic E-state index is 11.9. The van der Waals surface area contributed by atoms with E-state index in [-0.39, 0.29) is 29.7 Å². The Kier molecular flexibility index (Phi) is 8.83. The molecule has 26 heavy (non-hydrogen) atoms. The predicted molar refractivity (Wildman–Crippen MR) is 90.6 cm³/mol. The molecule has 0 saturated heterocycles. The van der Waals surface area contributed by atoms with Gasteiger partial charge in [0.2, 0.25) is 0 Å². The predicted octanol–water partition coefficient (Wildman–Crippen LogP) is 3.19. The molecule has 0 unspecified atom stereocenters. The molecule has 0 aromatic heterocycles. The fourth-order valence-electron chi connectivity index (χ4n) is 2.34. The van der Waals surface area contributed by atoms with Crippen molar-refractivity contribution in [3.63, 3.8) is 0 Å². The Hall–Kier alpha value is -2.90. The van der Waals surface area contributed by atoms with Gasteiger partial charge < -0.3 is 20.1 Å². The number of aliphatic carboxylic acids is 1. The third-order valence-corrected chi connectivity index (χ3v) is 3.70. The molecule has 0 aliphatic heterocycles. The largest absolute Gasteiger partial charge is 0.481 e. The Morgan fingerprint density at radius 3 is 1.88 bits per heavy atom. The summed E-state index contributed by atoms with van der Waals surface area (Å²) in [6.07, 6.45) is 4.77. The van der Waals surface area contributed by atoms with Crippen LogP contribution in [-0.4, -0.2) is 39.2 Å². The summed E-state index contributed by atoms with van der Waals surface area (Å²) in [5.74, 6) is -4.27. The molecule has 8 nitrogen and oxygen atoms in total. The number of carbonyl (C=O) groups is 4. The van der Waals surface area contributed by atoms with Crippen LogP contribution in [-0.2, 0) is 9.59 Å². The van der Waals surface area contributed by atoms with Crippen LogP contribution >= 0.6 is 0 Å². The van der Waals surface area contributed by atoms with E-state index in [1.165, 1.54) is 0 Å². The van der Waals surface area contributed by atoms with Gasteiger partial charge in [-0.15, -0.1) is 0 Å². The second-order valence-corrected chi connectivity index (χ2v) is 5.81. The minimum Gasteiger partial charge on any atom is -0.481 e. The molecule has 0 heterocycles. The van der Waals surface area contributed by atoms with Crippen molar-refractivity contribution in [3.8, 4) is 5.75 Å². The van der Waals surface area contributed by atoms with E-state index in [0.717, 1.165) is 43.9 Å². The van der Waals surface area contributed by atoms with Gasteiger partial charge in [0.15, 0.2) is 0 Å². The Labute approximate surface area is 150 Å². The molecule has 1 rings (SSSR count). The molecular weight excluding hydrogens is 344 g/mol. The lowest BCUT2D eigenvalue weighted by Crippen LogP contribution is -2.12. The van der Waals surface area contributed by atoms with Crippen LogP contribution in [0.15, 0.2) is 18.2 Å². The quantitative estimate of drug-likeness (QED) is 0.291. The second kappa shape index (κ2) is 10.9. The van der Waals surface area contributed by atoms with Gasteiger partial charge in [0.25, 0.3) is 0 Å². The van der Waals surface area contributed by atoms with E-state index in [1.807, 2.05) is 0 Å². The molecule has 0 radical (unpaired) electrons. The average Bonchev–Trinajstić information content (AvgIpc) is 2.56. The summed E-state index contributed by atoms with van der Waals surface area (Å²) in [5.41, 5.74) is -0.444. The van der Waals surface area contributed by atoms with Crippen molar-refractivity contribution >= 4 is 23.9 Å². The fraction of sp³-hybridized carbons (Fsp3) is 0.444. The maximum Gasteiger partial charge on any atom is 0.339 e. The molecule has 0 aliphatic carbocycles. The number of ether oxygens (including phenoxy) is 1. The van der Waals surface area contributed by atoms with E-state index in [4.69, 9.17) is 20.1 Å². The molecule has 1 aromatic rings. The van der Waals surface area contributed by atoms with Crippen molar-refractivity contribution < 1.29 is 39.2 Å². The van der Waals surface area contributed by atoms with Crippen LogP contribution < -0.4 is 4.74 Å². The highest BCUT2D eigenvalue weighted by Gasteiger charge is 2.17. The summed E-state index contributed by atoms with van der Waals surface area (Å²) in [6.45, 7) is 0. The van der Waals surface area contributed by atoms with Crippen LogP contribution in [0.1, 0.15) is 72.1 Å². The zero-order chi connectivity index (χ0) is 19.5. The first-order valence-electron chi connectivity index (χ1n) is 8.34. The lowest BCUT2D eigenvalue weighted by molar-refractivity contribution is -0.137. The summed E-state index contributed by atoms with van der Waals surface area (Å²) in [4.78, 5) is 44.3. The van der Waals surface area contributed by atoms with Crippen LogP contribution in [0.5, 0.6) is 5.75 Å². The number of carboxylic acid groups (broad SMARTS) is 3. The van der Waals surface area contributed by atoms with Gasteiger partial charge in [0.1, 0.15) is 11.3 Å². The zero-order valence-electron chi connectivity index (χ0n) is 14.3. The van der Waals surface area contributed by atoms with Crippen molar-refractivity contribution in [2.75, 3.05) is 0 Å². The highest BCUT2D eigenvalue weighted by Crippen LogP contribution is 2.22. The Morgan fingerprint density at radius 2 is 1.35 bits per heavy atom. The highest BCUT2D eigenvalue weighted by molar-refractivity contribution is 5.95. The number of carbonyl (C=O) groups excluding carboxylic acids is 1. The molecule has 1 aromatic carbocycles. The smallest absolute Gasteiger partial charge is 0.339 e. The van der Waals surface area contributed by atoms with Crippen molar-refractivity contribution in [1.82, 2.24) is 0 Å². The van der Waals surface area contributed by atoms with E-state index in [1.54, 1.807) is 0 Å². The van der Waals surface area contributed by atoms with Crippen LogP contribution in [0.3, 0.4) is 0 Å². The highest BCUT2D eigenvalue weighted by atomic mass is 16.5. The number of aromatic carboxylic acids is 2. The van der Waals surface area contributed by atoms with Crippen LogP contribution in [0.25, 0.3) is 0 Å². The summed E-state index contributed by atoms with van der Waals surface area (Å²) < 4.78 is 5.02. The lowest BCUT2D eigenvalue weighted by Gasteiger charge is -2.08. The minimum absolute atomic E-state index is 0.0888. The van der Waals surface area contributed by atoms with Gasteiger partial charge in [-0.1, -0.05) is 25.7 Å². The Balaban J connectivity index is 2.40. The second-order valence-electron chi connectivity index (χ2n) is 5.81. The number of esters is 1. The minimum atomic E-state index is -1.31. The number of carboxylic acids is 3. The molecule has 0 amide bonds. The van der Waals surface area contributed by atoms with Gasteiger partial charge in [-0.3, -0.25) is 9.59 Å². The fourth-order valence-corrected chi connectivity index (χ4v) is 2.34. The first kappa shape index (κ1) is 21.1.